The van der Waals surface area contributed by atoms with Crippen LogP contribution >= 0.6 is 0 Å². The zero-order valence-electron chi connectivity index (χ0n) is 15.2. The van der Waals surface area contributed by atoms with Crippen LogP contribution in [0.1, 0.15) is 17.5 Å². The molecule has 0 aromatic heterocycles. The molecule has 0 radical (unpaired) electrons. The minimum absolute atomic E-state index is 0.0455. The SMILES string of the molecule is Cc1cccc(NC(=O)CCOc2ccccc2-c2ccccc2)c1C. The Balaban J connectivity index is 1.60. The summed E-state index contributed by atoms with van der Waals surface area (Å²) in [6, 6.07) is 23.9. The zero-order chi connectivity index (χ0) is 18.4. The quantitative estimate of drug-likeness (QED) is 0.651. The molecule has 3 aromatic rings. The fourth-order valence-electron chi connectivity index (χ4n) is 2.80. The van der Waals surface area contributed by atoms with Crippen molar-refractivity contribution in [3.05, 3.63) is 83.9 Å². The molecule has 3 aromatic carbocycles. The Labute approximate surface area is 154 Å². The van der Waals surface area contributed by atoms with Crippen molar-refractivity contribution in [1.82, 2.24) is 0 Å². The van der Waals surface area contributed by atoms with Gasteiger partial charge in [0.05, 0.1) is 13.0 Å². The lowest BCUT2D eigenvalue weighted by Gasteiger charge is -2.13. The van der Waals surface area contributed by atoms with E-state index in [4.69, 9.17) is 4.74 Å². The second-order valence-electron chi connectivity index (χ2n) is 6.26. The molecule has 1 amide bonds. The average Bonchev–Trinajstić information content (AvgIpc) is 2.67. The van der Waals surface area contributed by atoms with Crippen LogP contribution in [0.5, 0.6) is 5.75 Å². The van der Waals surface area contributed by atoms with Crippen molar-refractivity contribution in [2.75, 3.05) is 11.9 Å². The summed E-state index contributed by atoms with van der Waals surface area (Å²) in [6.45, 7) is 4.38. The Bertz CT molecular complexity index is 888. The van der Waals surface area contributed by atoms with Gasteiger partial charge in [-0.15, -0.1) is 0 Å². The van der Waals surface area contributed by atoms with E-state index < -0.39 is 0 Å². The van der Waals surface area contributed by atoms with Gasteiger partial charge in [-0.25, -0.2) is 0 Å². The summed E-state index contributed by atoms with van der Waals surface area (Å²) in [5, 5.41) is 2.96. The van der Waals surface area contributed by atoms with Crippen molar-refractivity contribution in [3.63, 3.8) is 0 Å². The second kappa shape index (κ2) is 8.34. The number of ether oxygens (including phenoxy) is 1. The normalized spacial score (nSPS) is 10.4. The third-order valence-electron chi connectivity index (χ3n) is 4.44. The van der Waals surface area contributed by atoms with Crippen molar-refractivity contribution in [3.8, 4) is 16.9 Å². The predicted octanol–water partition coefficient (Wildman–Crippen LogP) is 5.38. The molecule has 3 heteroatoms. The Morgan fingerprint density at radius 1 is 0.885 bits per heavy atom. The van der Waals surface area contributed by atoms with Gasteiger partial charge < -0.3 is 10.1 Å². The Hall–Kier alpha value is -3.07. The number of nitrogens with one attached hydrogen (secondary N) is 1. The first-order valence-corrected chi connectivity index (χ1v) is 8.78. The highest BCUT2D eigenvalue weighted by atomic mass is 16.5. The van der Waals surface area contributed by atoms with Gasteiger partial charge in [0.15, 0.2) is 0 Å². The lowest BCUT2D eigenvalue weighted by Crippen LogP contribution is -2.16. The largest absolute Gasteiger partial charge is 0.492 e. The highest BCUT2D eigenvalue weighted by Gasteiger charge is 2.08. The second-order valence-corrected chi connectivity index (χ2v) is 6.26. The molecule has 0 saturated heterocycles. The number of amides is 1. The lowest BCUT2D eigenvalue weighted by atomic mass is 10.1. The van der Waals surface area contributed by atoms with Crippen LogP contribution in [0.15, 0.2) is 72.8 Å². The van der Waals surface area contributed by atoms with Crippen LogP contribution in [0.25, 0.3) is 11.1 Å². The molecule has 0 aliphatic rings. The highest BCUT2D eigenvalue weighted by molar-refractivity contribution is 5.91. The summed E-state index contributed by atoms with van der Waals surface area (Å²) < 4.78 is 5.89. The fourth-order valence-corrected chi connectivity index (χ4v) is 2.80. The smallest absolute Gasteiger partial charge is 0.227 e. The minimum Gasteiger partial charge on any atom is -0.492 e. The predicted molar refractivity (Wildman–Crippen MR) is 107 cm³/mol. The van der Waals surface area contributed by atoms with Crippen molar-refractivity contribution < 1.29 is 9.53 Å². The molecule has 3 rings (SSSR count). The molecule has 132 valence electrons. The first kappa shape index (κ1) is 17.7. The third kappa shape index (κ3) is 4.31. The molecule has 0 bridgehead atoms. The van der Waals surface area contributed by atoms with E-state index in [-0.39, 0.29) is 5.91 Å². The summed E-state index contributed by atoms with van der Waals surface area (Å²) in [5.41, 5.74) is 5.25. The number of anilines is 1. The van der Waals surface area contributed by atoms with Crippen molar-refractivity contribution in [2.24, 2.45) is 0 Å². The van der Waals surface area contributed by atoms with Gasteiger partial charge in [-0.1, -0.05) is 60.7 Å². The molecule has 0 spiro atoms. The molecule has 0 aliphatic carbocycles. The van der Waals surface area contributed by atoms with Crippen LogP contribution in [0, 0.1) is 13.8 Å². The van der Waals surface area contributed by atoms with Gasteiger partial charge in [0.25, 0.3) is 0 Å². The maximum atomic E-state index is 12.2. The van der Waals surface area contributed by atoms with Gasteiger partial charge >= 0.3 is 0 Å². The maximum Gasteiger partial charge on any atom is 0.227 e. The number of carbonyl (C=O) groups is 1. The first-order valence-electron chi connectivity index (χ1n) is 8.78. The number of hydrogen-bond acceptors (Lipinski definition) is 2. The zero-order valence-corrected chi connectivity index (χ0v) is 15.2. The average molecular weight is 345 g/mol. The standard InChI is InChI=1S/C23H23NO2/c1-17-9-8-13-21(18(17)2)24-23(25)15-16-26-22-14-7-6-12-20(22)19-10-4-3-5-11-19/h3-14H,15-16H2,1-2H3,(H,24,25). The summed E-state index contributed by atoms with van der Waals surface area (Å²) in [4.78, 5) is 12.2. The molecular weight excluding hydrogens is 322 g/mol. The van der Waals surface area contributed by atoms with Crippen LogP contribution in [0.3, 0.4) is 0 Å². The maximum absolute atomic E-state index is 12.2. The van der Waals surface area contributed by atoms with Crippen LogP contribution < -0.4 is 10.1 Å². The van der Waals surface area contributed by atoms with E-state index in [0.29, 0.717) is 13.0 Å². The van der Waals surface area contributed by atoms with Gasteiger partial charge in [0, 0.05) is 11.3 Å². The van der Waals surface area contributed by atoms with Gasteiger partial charge in [-0.05, 0) is 42.7 Å². The van der Waals surface area contributed by atoms with Crippen LogP contribution in [0.2, 0.25) is 0 Å². The van der Waals surface area contributed by atoms with E-state index in [1.807, 2.05) is 74.5 Å². The lowest BCUT2D eigenvalue weighted by molar-refractivity contribution is -0.116. The Morgan fingerprint density at radius 2 is 1.62 bits per heavy atom. The van der Waals surface area contributed by atoms with Crippen LogP contribution in [0.4, 0.5) is 5.69 Å². The number of carbonyl (C=O) groups excluding carboxylic acids is 1. The van der Waals surface area contributed by atoms with E-state index in [0.717, 1.165) is 33.7 Å². The molecular formula is C23H23NO2. The van der Waals surface area contributed by atoms with E-state index in [1.54, 1.807) is 0 Å². The van der Waals surface area contributed by atoms with Gasteiger partial charge in [0.1, 0.15) is 5.75 Å². The number of hydrogen-bond donors (Lipinski definition) is 1. The number of para-hydroxylation sites is 1. The number of rotatable bonds is 6. The van der Waals surface area contributed by atoms with E-state index >= 15 is 0 Å². The molecule has 0 fully saturated rings. The molecule has 0 atom stereocenters. The first-order chi connectivity index (χ1) is 12.6. The summed E-state index contributed by atoms with van der Waals surface area (Å²) >= 11 is 0. The Morgan fingerprint density at radius 3 is 2.42 bits per heavy atom. The van der Waals surface area contributed by atoms with Crippen molar-refractivity contribution in [1.29, 1.82) is 0 Å². The topological polar surface area (TPSA) is 38.3 Å². The summed E-state index contributed by atoms with van der Waals surface area (Å²) in [7, 11) is 0. The minimum atomic E-state index is -0.0455. The number of aryl methyl sites for hydroxylation is 1. The molecule has 3 nitrogen and oxygen atoms in total. The van der Waals surface area contributed by atoms with E-state index in [2.05, 4.69) is 17.4 Å². The Kier molecular flexibility index (Phi) is 5.69. The molecule has 0 unspecified atom stereocenters. The third-order valence-corrected chi connectivity index (χ3v) is 4.44. The van der Waals surface area contributed by atoms with Crippen molar-refractivity contribution in [2.45, 2.75) is 20.3 Å². The highest BCUT2D eigenvalue weighted by Crippen LogP contribution is 2.29. The summed E-state index contributed by atoms with van der Waals surface area (Å²) in [5.74, 6) is 0.745. The fraction of sp³-hybridized carbons (Fsp3) is 0.174. The monoisotopic (exact) mass is 345 g/mol. The van der Waals surface area contributed by atoms with E-state index in [1.165, 1.54) is 0 Å². The summed E-state index contributed by atoms with van der Waals surface area (Å²) in [6.07, 6.45) is 0.302. The van der Waals surface area contributed by atoms with Gasteiger partial charge in [0.2, 0.25) is 5.91 Å². The molecule has 1 N–H and O–H groups in total. The molecule has 0 saturated carbocycles. The van der Waals surface area contributed by atoms with E-state index in [9.17, 15) is 4.79 Å². The molecule has 0 heterocycles. The van der Waals surface area contributed by atoms with Crippen LogP contribution in [-0.2, 0) is 4.79 Å². The van der Waals surface area contributed by atoms with Gasteiger partial charge in [-0.3, -0.25) is 4.79 Å². The van der Waals surface area contributed by atoms with Crippen molar-refractivity contribution >= 4 is 11.6 Å². The molecule has 26 heavy (non-hydrogen) atoms. The molecule has 0 aliphatic heterocycles. The number of benzene rings is 3. The van der Waals surface area contributed by atoms with Gasteiger partial charge in [-0.2, -0.15) is 0 Å². The van der Waals surface area contributed by atoms with Crippen LogP contribution in [-0.4, -0.2) is 12.5 Å².